The Bertz CT molecular complexity index is 559. The standard InChI is InChI=1S/C16H19NS/c1-3-5-9-15(17-11-4-2)14-12-18-16-10-7-6-8-13(14)16/h6-8,10,12,15,17H,4,9,11H2,1-2H3. The van der Waals surface area contributed by atoms with Crippen LogP contribution in [0.1, 0.15) is 38.3 Å². The zero-order valence-corrected chi connectivity index (χ0v) is 11.8. The molecule has 1 aromatic carbocycles. The molecule has 0 amide bonds. The molecule has 0 spiro atoms. The van der Waals surface area contributed by atoms with Crippen LogP contribution in [0.2, 0.25) is 0 Å². The molecular weight excluding hydrogens is 238 g/mol. The van der Waals surface area contributed by atoms with Crippen LogP contribution in [0.3, 0.4) is 0 Å². The van der Waals surface area contributed by atoms with Crippen molar-refractivity contribution in [3.05, 3.63) is 35.2 Å². The molecule has 1 heterocycles. The first kappa shape index (κ1) is 13.1. The van der Waals surface area contributed by atoms with E-state index in [0.717, 1.165) is 19.4 Å². The second-order valence-corrected chi connectivity index (χ2v) is 5.24. The minimum Gasteiger partial charge on any atom is -0.309 e. The molecule has 18 heavy (non-hydrogen) atoms. The first-order valence-corrected chi connectivity index (χ1v) is 7.34. The number of rotatable bonds is 5. The van der Waals surface area contributed by atoms with E-state index in [2.05, 4.69) is 53.7 Å². The van der Waals surface area contributed by atoms with Crippen LogP contribution < -0.4 is 5.32 Å². The Kier molecular flexibility index (Phi) is 4.81. The molecule has 1 aromatic heterocycles. The van der Waals surface area contributed by atoms with Crippen LogP contribution >= 0.6 is 11.3 Å². The third-order valence-corrected chi connectivity index (χ3v) is 3.99. The zero-order chi connectivity index (χ0) is 12.8. The van der Waals surface area contributed by atoms with Crippen molar-refractivity contribution in [2.45, 2.75) is 32.7 Å². The molecule has 0 saturated heterocycles. The van der Waals surface area contributed by atoms with Crippen LogP contribution in [0, 0.1) is 11.8 Å². The quantitative estimate of drug-likeness (QED) is 0.785. The molecule has 0 bridgehead atoms. The number of hydrogen-bond acceptors (Lipinski definition) is 2. The molecule has 1 nitrogen and oxygen atoms in total. The lowest BCUT2D eigenvalue weighted by Crippen LogP contribution is -2.21. The minimum atomic E-state index is 0.355. The van der Waals surface area contributed by atoms with Gasteiger partial charge in [0.2, 0.25) is 0 Å². The SMILES string of the molecule is CC#CCC(NCCC)c1csc2ccccc12. The molecule has 94 valence electrons. The molecule has 0 aliphatic heterocycles. The van der Waals surface area contributed by atoms with Crippen molar-refractivity contribution in [3.8, 4) is 11.8 Å². The van der Waals surface area contributed by atoms with Gasteiger partial charge in [-0.1, -0.05) is 25.1 Å². The molecule has 0 saturated carbocycles. The fraction of sp³-hybridized carbons (Fsp3) is 0.375. The third kappa shape index (κ3) is 2.93. The molecule has 0 fully saturated rings. The van der Waals surface area contributed by atoms with Gasteiger partial charge in [-0.2, -0.15) is 0 Å². The predicted molar refractivity (Wildman–Crippen MR) is 80.9 cm³/mol. The number of benzene rings is 1. The molecule has 2 rings (SSSR count). The van der Waals surface area contributed by atoms with Crippen molar-refractivity contribution >= 4 is 21.4 Å². The van der Waals surface area contributed by atoms with Gasteiger partial charge in [-0.3, -0.25) is 0 Å². The number of thiophene rings is 1. The summed E-state index contributed by atoms with van der Waals surface area (Å²) in [5.41, 5.74) is 1.40. The summed E-state index contributed by atoms with van der Waals surface area (Å²) >= 11 is 1.82. The van der Waals surface area contributed by atoms with E-state index < -0.39 is 0 Å². The third-order valence-electron chi connectivity index (χ3n) is 3.01. The van der Waals surface area contributed by atoms with Gasteiger partial charge < -0.3 is 5.32 Å². The summed E-state index contributed by atoms with van der Waals surface area (Å²) < 4.78 is 1.36. The van der Waals surface area contributed by atoms with Crippen molar-refractivity contribution in [3.63, 3.8) is 0 Å². The van der Waals surface area contributed by atoms with Crippen LogP contribution in [-0.4, -0.2) is 6.54 Å². The van der Waals surface area contributed by atoms with E-state index >= 15 is 0 Å². The smallest absolute Gasteiger partial charge is 0.0445 e. The summed E-state index contributed by atoms with van der Waals surface area (Å²) in [6.07, 6.45) is 2.04. The first-order chi connectivity index (χ1) is 8.86. The maximum absolute atomic E-state index is 3.60. The summed E-state index contributed by atoms with van der Waals surface area (Å²) in [7, 11) is 0. The van der Waals surface area contributed by atoms with Crippen LogP contribution in [-0.2, 0) is 0 Å². The summed E-state index contributed by atoms with van der Waals surface area (Å²) in [6, 6.07) is 8.96. The Morgan fingerprint density at radius 3 is 2.94 bits per heavy atom. The predicted octanol–water partition coefficient (Wildman–Crippen LogP) is 4.36. The molecule has 2 aromatic rings. The lowest BCUT2D eigenvalue weighted by molar-refractivity contribution is 0.546. The van der Waals surface area contributed by atoms with E-state index in [0.29, 0.717) is 6.04 Å². The highest BCUT2D eigenvalue weighted by molar-refractivity contribution is 7.17. The molecule has 1 unspecified atom stereocenters. The van der Waals surface area contributed by atoms with Gasteiger partial charge in [0.1, 0.15) is 0 Å². The van der Waals surface area contributed by atoms with Gasteiger partial charge >= 0.3 is 0 Å². The van der Waals surface area contributed by atoms with E-state index in [9.17, 15) is 0 Å². The normalized spacial score (nSPS) is 12.1. The summed E-state index contributed by atoms with van der Waals surface area (Å²) in [6.45, 7) is 5.14. The molecule has 0 aliphatic carbocycles. The molecule has 0 aliphatic rings. The van der Waals surface area contributed by atoms with E-state index in [1.165, 1.54) is 15.6 Å². The average Bonchev–Trinajstić information content (AvgIpc) is 2.83. The van der Waals surface area contributed by atoms with Crippen molar-refractivity contribution < 1.29 is 0 Å². The highest BCUT2D eigenvalue weighted by atomic mass is 32.1. The fourth-order valence-corrected chi connectivity index (χ4v) is 3.10. The summed E-state index contributed by atoms with van der Waals surface area (Å²) in [5, 5.41) is 7.25. The Morgan fingerprint density at radius 1 is 1.33 bits per heavy atom. The second-order valence-electron chi connectivity index (χ2n) is 4.32. The molecule has 1 N–H and O–H groups in total. The minimum absolute atomic E-state index is 0.355. The zero-order valence-electron chi connectivity index (χ0n) is 11.0. The van der Waals surface area contributed by atoms with Gasteiger partial charge in [0.25, 0.3) is 0 Å². The topological polar surface area (TPSA) is 12.0 Å². The van der Waals surface area contributed by atoms with Crippen LogP contribution in [0.15, 0.2) is 29.6 Å². The van der Waals surface area contributed by atoms with Gasteiger partial charge in [-0.15, -0.1) is 23.2 Å². The number of nitrogens with one attached hydrogen (secondary N) is 1. The maximum atomic E-state index is 3.60. The van der Waals surface area contributed by atoms with Gasteiger partial charge in [-0.25, -0.2) is 0 Å². The second kappa shape index (κ2) is 6.58. The first-order valence-electron chi connectivity index (χ1n) is 6.46. The molecule has 1 atom stereocenters. The van der Waals surface area contributed by atoms with Gasteiger partial charge in [-0.05, 0) is 42.3 Å². The fourth-order valence-electron chi connectivity index (χ4n) is 2.08. The lowest BCUT2D eigenvalue weighted by Gasteiger charge is -2.15. The van der Waals surface area contributed by atoms with E-state index in [4.69, 9.17) is 0 Å². The lowest BCUT2D eigenvalue weighted by atomic mass is 10.0. The highest BCUT2D eigenvalue weighted by Gasteiger charge is 2.13. The Labute approximate surface area is 113 Å². The van der Waals surface area contributed by atoms with Crippen molar-refractivity contribution in [1.29, 1.82) is 0 Å². The molecular formula is C16H19NS. The number of fused-ring (bicyclic) bond motifs is 1. The summed E-state index contributed by atoms with van der Waals surface area (Å²) in [5.74, 6) is 6.20. The molecule has 0 radical (unpaired) electrons. The maximum Gasteiger partial charge on any atom is 0.0445 e. The highest BCUT2D eigenvalue weighted by Crippen LogP contribution is 2.31. The average molecular weight is 257 g/mol. The van der Waals surface area contributed by atoms with Crippen molar-refractivity contribution in [1.82, 2.24) is 5.32 Å². The van der Waals surface area contributed by atoms with Crippen molar-refractivity contribution in [2.75, 3.05) is 6.54 Å². The largest absolute Gasteiger partial charge is 0.309 e. The van der Waals surface area contributed by atoms with Crippen molar-refractivity contribution in [2.24, 2.45) is 0 Å². The Morgan fingerprint density at radius 2 is 2.17 bits per heavy atom. The van der Waals surface area contributed by atoms with Crippen LogP contribution in [0.25, 0.3) is 10.1 Å². The summed E-state index contributed by atoms with van der Waals surface area (Å²) in [4.78, 5) is 0. The van der Waals surface area contributed by atoms with Crippen LogP contribution in [0.5, 0.6) is 0 Å². The van der Waals surface area contributed by atoms with Gasteiger partial charge in [0.15, 0.2) is 0 Å². The van der Waals surface area contributed by atoms with Crippen LogP contribution in [0.4, 0.5) is 0 Å². The van der Waals surface area contributed by atoms with E-state index in [-0.39, 0.29) is 0 Å². The Hall–Kier alpha value is -1.30. The number of hydrogen-bond donors (Lipinski definition) is 1. The van der Waals surface area contributed by atoms with E-state index in [1.54, 1.807) is 0 Å². The van der Waals surface area contributed by atoms with E-state index in [1.807, 2.05) is 18.3 Å². The molecule has 2 heteroatoms. The van der Waals surface area contributed by atoms with Gasteiger partial charge in [0, 0.05) is 17.2 Å². The Balaban J connectivity index is 2.30. The monoisotopic (exact) mass is 257 g/mol. The van der Waals surface area contributed by atoms with Gasteiger partial charge in [0.05, 0.1) is 0 Å².